The average molecular weight is 295 g/mol. The predicted octanol–water partition coefficient (Wildman–Crippen LogP) is 2.68. The highest BCUT2D eigenvalue weighted by atomic mass is 19.4. The van der Waals surface area contributed by atoms with Crippen molar-refractivity contribution in [3.8, 4) is 5.75 Å². The standard InChI is InChI=1S/C13H17F4NO2/c1-8-5-9(3-2-4-10(18)7-19)6-11(12(8)14)20-13(15,16)17/h5-6,10,19H,2-4,7,18H2,1H3. The Hall–Kier alpha value is -1.34. The Morgan fingerprint density at radius 3 is 2.55 bits per heavy atom. The van der Waals surface area contributed by atoms with Crippen LogP contribution in [0.15, 0.2) is 12.1 Å². The third kappa shape index (κ3) is 5.34. The van der Waals surface area contributed by atoms with Crippen LogP contribution < -0.4 is 10.5 Å². The first kappa shape index (κ1) is 16.7. The molecule has 0 spiro atoms. The van der Waals surface area contributed by atoms with Crippen LogP contribution in [0.25, 0.3) is 0 Å². The van der Waals surface area contributed by atoms with E-state index in [2.05, 4.69) is 4.74 Å². The lowest BCUT2D eigenvalue weighted by Crippen LogP contribution is -2.24. The molecular formula is C13H17F4NO2. The summed E-state index contributed by atoms with van der Waals surface area (Å²) in [6.07, 6.45) is -3.38. The van der Waals surface area contributed by atoms with Crippen molar-refractivity contribution in [2.24, 2.45) is 5.73 Å². The van der Waals surface area contributed by atoms with E-state index in [-0.39, 0.29) is 18.2 Å². The summed E-state index contributed by atoms with van der Waals surface area (Å²) in [7, 11) is 0. The van der Waals surface area contributed by atoms with Gasteiger partial charge in [0.2, 0.25) is 0 Å². The maximum absolute atomic E-state index is 13.5. The van der Waals surface area contributed by atoms with Crippen LogP contribution in [-0.4, -0.2) is 24.1 Å². The molecule has 0 fully saturated rings. The number of hydrogen-bond donors (Lipinski definition) is 2. The summed E-state index contributed by atoms with van der Waals surface area (Å²) in [4.78, 5) is 0. The van der Waals surface area contributed by atoms with Gasteiger partial charge in [0, 0.05) is 6.04 Å². The van der Waals surface area contributed by atoms with Gasteiger partial charge < -0.3 is 15.6 Å². The molecule has 0 bridgehead atoms. The molecule has 0 heterocycles. The topological polar surface area (TPSA) is 55.5 Å². The van der Waals surface area contributed by atoms with E-state index in [1.807, 2.05) is 0 Å². The monoisotopic (exact) mass is 295 g/mol. The molecule has 0 radical (unpaired) electrons. The highest BCUT2D eigenvalue weighted by Gasteiger charge is 2.32. The van der Waals surface area contributed by atoms with E-state index in [0.29, 0.717) is 24.8 Å². The second kappa shape index (κ2) is 6.90. The van der Waals surface area contributed by atoms with E-state index in [4.69, 9.17) is 10.8 Å². The Balaban J connectivity index is 2.78. The molecule has 3 nitrogen and oxygen atoms in total. The minimum atomic E-state index is -4.93. The number of aryl methyl sites for hydroxylation is 2. The maximum Gasteiger partial charge on any atom is 0.573 e. The van der Waals surface area contributed by atoms with Crippen molar-refractivity contribution in [1.29, 1.82) is 0 Å². The number of rotatable bonds is 6. The van der Waals surface area contributed by atoms with Gasteiger partial charge in [-0.25, -0.2) is 4.39 Å². The van der Waals surface area contributed by atoms with E-state index < -0.39 is 17.9 Å². The molecule has 0 saturated heterocycles. The first-order valence-electron chi connectivity index (χ1n) is 6.14. The largest absolute Gasteiger partial charge is 0.573 e. The van der Waals surface area contributed by atoms with Crippen LogP contribution in [0.4, 0.5) is 17.6 Å². The van der Waals surface area contributed by atoms with E-state index >= 15 is 0 Å². The first-order chi connectivity index (χ1) is 9.23. The number of hydrogen-bond acceptors (Lipinski definition) is 3. The second-order valence-corrected chi connectivity index (χ2v) is 4.61. The molecular weight excluding hydrogens is 278 g/mol. The van der Waals surface area contributed by atoms with Gasteiger partial charge in [-0.3, -0.25) is 0 Å². The van der Waals surface area contributed by atoms with Crippen molar-refractivity contribution in [3.05, 3.63) is 29.1 Å². The van der Waals surface area contributed by atoms with Gasteiger partial charge in [0.15, 0.2) is 11.6 Å². The summed E-state index contributed by atoms with van der Waals surface area (Å²) in [6.45, 7) is 1.23. The lowest BCUT2D eigenvalue weighted by atomic mass is 10.0. The van der Waals surface area contributed by atoms with Crippen molar-refractivity contribution in [3.63, 3.8) is 0 Å². The normalized spacial score (nSPS) is 13.3. The molecule has 1 unspecified atom stereocenters. The van der Waals surface area contributed by atoms with Crippen LogP contribution in [-0.2, 0) is 6.42 Å². The predicted molar refractivity (Wildman–Crippen MR) is 65.8 cm³/mol. The summed E-state index contributed by atoms with van der Waals surface area (Å²) in [5, 5.41) is 8.76. The van der Waals surface area contributed by atoms with Gasteiger partial charge in [0.1, 0.15) is 0 Å². The molecule has 3 N–H and O–H groups in total. The van der Waals surface area contributed by atoms with Gasteiger partial charge in [-0.05, 0) is 43.4 Å². The Morgan fingerprint density at radius 2 is 2.00 bits per heavy atom. The summed E-state index contributed by atoms with van der Waals surface area (Å²) >= 11 is 0. The molecule has 0 aliphatic heterocycles. The number of nitrogens with two attached hydrogens (primary N) is 1. The Kier molecular flexibility index (Phi) is 5.76. The summed E-state index contributed by atoms with van der Waals surface area (Å²) < 4.78 is 53.7. The van der Waals surface area contributed by atoms with E-state index in [9.17, 15) is 17.6 Å². The molecule has 0 aliphatic carbocycles. The van der Waals surface area contributed by atoms with E-state index in [0.717, 1.165) is 6.07 Å². The van der Waals surface area contributed by atoms with E-state index in [1.54, 1.807) is 0 Å². The van der Waals surface area contributed by atoms with Gasteiger partial charge in [0.25, 0.3) is 0 Å². The van der Waals surface area contributed by atoms with Crippen LogP contribution >= 0.6 is 0 Å². The van der Waals surface area contributed by atoms with Crippen molar-refractivity contribution < 1.29 is 27.4 Å². The van der Waals surface area contributed by atoms with Gasteiger partial charge >= 0.3 is 6.36 Å². The number of alkyl halides is 3. The maximum atomic E-state index is 13.5. The lowest BCUT2D eigenvalue weighted by molar-refractivity contribution is -0.275. The van der Waals surface area contributed by atoms with Gasteiger partial charge in [-0.15, -0.1) is 13.2 Å². The molecule has 1 atom stereocenters. The highest BCUT2D eigenvalue weighted by Crippen LogP contribution is 2.29. The third-order valence-corrected chi connectivity index (χ3v) is 2.78. The van der Waals surface area contributed by atoms with Crippen LogP contribution in [0.3, 0.4) is 0 Å². The molecule has 1 rings (SSSR count). The number of halogens is 4. The number of ether oxygens (including phenoxy) is 1. The fraction of sp³-hybridized carbons (Fsp3) is 0.538. The van der Waals surface area contributed by atoms with Crippen LogP contribution in [0.5, 0.6) is 5.75 Å². The summed E-state index contributed by atoms with van der Waals surface area (Å²) in [5.41, 5.74) is 6.15. The lowest BCUT2D eigenvalue weighted by Gasteiger charge is -2.13. The van der Waals surface area contributed by atoms with Crippen LogP contribution in [0.1, 0.15) is 24.0 Å². The zero-order valence-electron chi connectivity index (χ0n) is 11.0. The zero-order chi connectivity index (χ0) is 15.3. The Morgan fingerprint density at radius 1 is 1.35 bits per heavy atom. The molecule has 1 aromatic carbocycles. The molecule has 0 aromatic heterocycles. The third-order valence-electron chi connectivity index (χ3n) is 2.78. The van der Waals surface area contributed by atoms with Gasteiger partial charge in [-0.2, -0.15) is 0 Å². The van der Waals surface area contributed by atoms with Gasteiger partial charge in [-0.1, -0.05) is 6.07 Å². The van der Waals surface area contributed by atoms with Crippen molar-refractivity contribution in [1.82, 2.24) is 0 Å². The van der Waals surface area contributed by atoms with Crippen molar-refractivity contribution >= 4 is 0 Å². The quantitative estimate of drug-likeness (QED) is 0.793. The SMILES string of the molecule is Cc1cc(CCCC(N)CO)cc(OC(F)(F)F)c1F. The van der Waals surface area contributed by atoms with Crippen molar-refractivity contribution in [2.45, 2.75) is 38.6 Å². The van der Waals surface area contributed by atoms with Gasteiger partial charge in [0.05, 0.1) is 6.61 Å². The van der Waals surface area contributed by atoms with Crippen LogP contribution in [0.2, 0.25) is 0 Å². The number of benzene rings is 1. The Labute approximate surface area is 114 Å². The highest BCUT2D eigenvalue weighted by molar-refractivity contribution is 5.36. The van der Waals surface area contributed by atoms with Crippen LogP contribution in [0, 0.1) is 12.7 Å². The molecule has 0 amide bonds. The molecule has 0 aliphatic rings. The average Bonchev–Trinajstić information content (AvgIpc) is 2.33. The first-order valence-corrected chi connectivity index (χ1v) is 6.14. The molecule has 7 heteroatoms. The smallest absolute Gasteiger partial charge is 0.403 e. The molecule has 0 saturated carbocycles. The van der Waals surface area contributed by atoms with E-state index in [1.165, 1.54) is 13.0 Å². The minimum absolute atomic E-state index is 0.0909. The number of aliphatic hydroxyl groups is 1. The fourth-order valence-corrected chi connectivity index (χ4v) is 1.81. The summed E-state index contributed by atoms with van der Waals surface area (Å²) in [6, 6.07) is 2.16. The Bertz CT molecular complexity index is 449. The fourth-order valence-electron chi connectivity index (χ4n) is 1.81. The molecule has 1 aromatic rings. The summed E-state index contributed by atoms with van der Waals surface area (Å²) in [5.74, 6) is -1.84. The number of aliphatic hydroxyl groups excluding tert-OH is 1. The minimum Gasteiger partial charge on any atom is -0.403 e. The van der Waals surface area contributed by atoms with Crippen molar-refractivity contribution in [2.75, 3.05) is 6.61 Å². The zero-order valence-corrected chi connectivity index (χ0v) is 11.0. The molecule has 114 valence electrons. The molecule has 20 heavy (non-hydrogen) atoms. The second-order valence-electron chi connectivity index (χ2n) is 4.61.